The molecule has 0 aliphatic heterocycles. The van der Waals surface area contributed by atoms with Crippen molar-refractivity contribution in [1.29, 1.82) is 0 Å². The molecule has 0 bridgehead atoms. The van der Waals surface area contributed by atoms with Crippen LogP contribution in [0.5, 0.6) is 11.5 Å². The number of ether oxygens (including phenoxy) is 2. The summed E-state index contributed by atoms with van der Waals surface area (Å²) in [6, 6.07) is 1.70. The molecule has 0 heterocycles. The molecular weight excluding hydrogens is 253 g/mol. The van der Waals surface area contributed by atoms with Gasteiger partial charge in [-0.2, -0.15) is 8.42 Å². The molecule has 8 heteroatoms. The maximum Gasteiger partial charge on any atom is 0.295 e. The first kappa shape index (κ1) is 13.1. The summed E-state index contributed by atoms with van der Waals surface area (Å²) in [7, 11) is -1.88. The van der Waals surface area contributed by atoms with E-state index in [1.165, 1.54) is 14.2 Å². The Morgan fingerprint density at radius 2 is 1.76 bits per heavy atom. The molecule has 0 unspecified atom stereocenters. The van der Waals surface area contributed by atoms with E-state index >= 15 is 0 Å². The molecule has 0 radical (unpaired) electrons. The molecule has 0 saturated heterocycles. The Balaban J connectivity index is 3.52. The Bertz CT molecular complexity index is 577. The summed E-state index contributed by atoms with van der Waals surface area (Å²) in [5.74, 6) is -1.06. The van der Waals surface area contributed by atoms with Crippen LogP contribution in [0, 0.1) is 5.82 Å². The zero-order chi connectivity index (χ0) is 13.1. The normalized spacial score (nSPS) is 10.5. The Morgan fingerprint density at radius 3 is 2.24 bits per heavy atom. The zero-order valence-electron chi connectivity index (χ0n) is 8.93. The lowest BCUT2D eigenvalue weighted by Crippen LogP contribution is -2.02. The molecule has 1 aromatic rings. The van der Waals surface area contributed by atoms with Gasteiger partial charge in [0.25, 0.3) is 16.1 Å². The highest BCUT2D eigenvalue weighted by molar-refractivity contribution is 7.90. The molecular formula is C9H8FNO5S. The van der Waals surface area contributed by atoms with Gasteiger partial charge in [-0.05, 0) is 0 Å². The first-order chi connectivity index (χ1) is 7.96. The topological polar surface area (TPSA) is 82.0 Å². The fourth-order valence-corrected chi connectivity index (χ4v) is 1.89. The summed E-state index contributed by atoms with van der Waals surface area (Å²) in [5.41, 5.74) is 0. The summed E-state index contributed by atoms with van der Waals surface area (Å²) in [5, 5.41) is 0. The predicted molar refractivity (Wildman–Crippen MR) is 54.8 cm³/mol. The zero-order valence-corrected chi connectivity index (χ0v) is 9.75. The number of halogens is 1. The molecule has 1 aromatic carbocycles. The summed E-state index contributed by atoms with van der Waals surface area (Å²) >= 11 is 0. The van der Waals surface area contributed by atoms with Crippen LogP contribution in [-0.2, 0) is 14.8 Å². The third kappa shape index (κ3) is 2.61. The van der Waals surface area contributed by atoms with Crippen molar-refractivity contribution in [3.8, 4) is 11.5 Å². The van der Waals surface area contributed by atoms with Crippen LogP contribution in [0.15, 0.2) is 21.4 Å². The minimum Gasteiger partial charge on any atom is -0.493 e. The Hall–Kier alpha value is -1.92. The average Bonchev–Trinajstić information content (AvgIpc) is 2.28. The molecule has 0 amide bonds. The second kappa shape index (κ2) is 4.94. The Labute approximate surface area is 96.7 Å². The fourth-order valence-electron chi connectivity index (χ4n) is 1.13. The minimum atomic E-state index is -4.41. The van der Waals surface area contributed by atoms with Crippen LogP contribution in [0.3, 0.4) is 0 Å². The van der Waals surface area contributed by atoms with Gasteiger partial charge in [-0.1, -0.05) is 4.40 Å². The van der Waals surface area contributed by atoms with E-state index in [0.29, 0.717) is 0 Å². The van der Waals surface area contributed by atoms with Crippen LogP contribution >= 0.6 is 0 Å². The maximum atomic E-state index is 13.5. The van der Waals surface area contributed by atoms with Gasteiger partial charge >= 0.3 is 0 Å². The number of hydrogen-bond acceptors (Lipinski definition) is 5. The lowest BCUT2D eigenvalue weighted by Gasteiger charge is -2.09. The van der Waals surface area contributed by atoms with Crippen molar-refractivity contribution in [1.82, 2.24) is 0 Å². The summed E-state index contributed by atoms with van der Waals surface area (Å²) < 4.78 is 48.3. The molecule has 1 rings (SSSR count). The molecule has 0 aliphatic carbocycles. The van der Waals surface area contributed by atoms with Crippen molar-refractivity contribution < 1.29 is 27.1 Å². The van der Waals surface area contributed by atoms with Crippen molar-refractivity contribution in [2.75, 3.05) is 14.2 Å². The predicted octanol–water partition coefficient (Wildman–Crippen LogP) is 0.867. The van der Waals surface area contributed by atoms with Gasteiger partial charge in [0.1, 0.15) is 10.7 Å². The molecule has 17 heavy (non-hydrogen) atoms. The van der Waals surface area contributed by atoms with E-state index in [9.17, 15) is 17.6 Å². The van der Waals surface area contributed by atoms with Gasteiger partial charge < -0.3 is 9.47 Å². The molecule has 0 spiro atoms. The Morgan fingerprint density at radius 1 is 1.24 bits per heavy atom. The van der Waals surface area contributed by atoms with Gasteiger partial charge in [0, 0.05) is 12.1 Å². The molecule has 0 aliphatic rings. The van der Waals surface area contributed by atoms with Gasteiger partial charge in [0.15, 0.2) is 11.5 Å². The maximum absolute atomic E-state index is 13.5. The van der Waals surface area contributed by atoms with E-state index in [1.807, 2.05) is 0 Å². The molecule has 92 valence electrons. The second-order valence-electron chi connectivity index (χ2n) is 2.80. The van der Waals surface area contributed by atoms with E-state index in [0.717, 1.165) is 18.2 Å². The van der Waals surface area contributed by atoms with E-state index in [4.69, 9.17) is 9.47 Å². The summed E-state index contributed by atoms with van der Waals surface area (Å²) in [6.45, 7) is 0. The van der Waals surface area contributed by atoms with Crippen LogP contribution in [0.25, 0.3) is 0 Å². The number of methoxy groups -OCH3 is 2. The number of nitrogens with zero attached hydrogens (tertiary/aromatic N) is 1. The SMILES string of the molecule is COc1cc(F)c(S(=O)(=O)N=C=O)cc1OC. The van der Waals surface area contributed by atoms with Gasteiger partial charge in [-0.3, -0.25) is 0 Å². The summed E-state index contributed by atoms with van der Waals surface area (Å²) in [4.78, 5) is 9.15. The molecule has 0 fully saturated rings. The molecule has 0 saturated carbocycles. The van der Waals surface area contributed by atoms with Crippen LogP contribution < -0.4 is 9.47 Å². The highest BCUT2D eigenvalue weighted by Crippen LogP contribution is 2.32. The lowest BCUT2D eigenvalue weighted by molar-refractivity contribution is 0.350. The van der Waals surface area contributed by atoms with E-state index < -0.39 is 20.7 Å². The van der Waals surface area contributed by atoms with Crippen molar-refractivity contribution in [3.63, 3.8) is 0 Å². The quantitative estimate of drug-likeness (QED) is 0.593. The molecule has 6 nitrogen and oxygen atoms in total. The Kier molecular flexibility index (Phi) is 3.82. The van der Waals surface area contributed by atoms with E-state index in [2.05, 4.69) is 4.40 Å². The van der Waals surface area contributed by atoms with Crippen molar-refractivity contribution in [2.24, 2.45) is 4.40 Å². The number of isocyanates is 1. The van der Waals surface area contributed by atoms with Crippen molar-refractivity contribution in [3.05, 3.63) is 17.9 Å². The molecule has 0 N–H and O–H groups in total. The van der Waals surface area contributed by atoms with Crippen LogP contribution in [-0.4, -0.2) is 28.7 Å². The minimum absolute atomic E-state index is 0.00794. The number of carbonyl (C=O) groups excluding carboxylic acids is 1. The molecule has 0 aromatic heterocycles. The fraction of sp³-hybridized carbons (Fsp3) is 0.222. The van der Waals surface area contributed by atoms with Gasteiger partial charge in [0.05, 0.1) is 14.2 Å². The highest BCUT2D eigenvalue weighted by atomic mass is 32.2. The first-order valence-corrected chi connectivity index (χ1v) is 5.66. The van der Waals surface area contributed by atoms with Crippen LogP contribution in [0.2, 0.25) is 0 Å². The van der Waals surface area contributed by atoms with E-state index in [1.54, 1.807) is 0 Å². The van der Waals surface area contributed by atoms with Crippen molar-refractivity contribution in [2.45, 2.75) is 4.90 Å². The van der Waals surface area contributed by atoms with Gasteiger partial charge in [-0.25, -0.2) is 9.18 Å². The smallest absolute Gasteiger partial charge is 0.295 e. The molecule has 0 atom stereocenters. The lowest BCUT2D eigenvalue weighted by atomic mass is 10.3. The van der Waals surface area contributed by atoms with E-state index in [-0.39, 0.29) is 11.5 Å². The monoisotopic (exact) mass is 261 g/mol. The third-order valence-electron chi connectivity index (χ3n) is 1.87. The number of rotatable bonds is 4. The summed E-state index contributed by atoms with van der Waals surface area (Å²) in [6.07, 6.45) is 0.848. The van der Waals surface area contributed by atoms with Crippen LogP contribution in [0.1, 0.15) is 0 Å². The standard InChI is InChI=1S/C9H8FNO5S/c1-15-7-3-6(10)9(4-8(7)16-2)17(13,14)11-5-12/h3-4H,1-2H3. The first-order valence-electron chi connectivity index (χ1n) is 4.22. The van der Waals surface area contributed by atoms with Crippen molar-refractivity contribution >= 4 is 16.1 Å². The second-order valence-corrected chi connectivity index (χ2v) is 4.37. The third-order valence-corrected chi connectivity index (χ3v) is 3.06. The van der Waals surface area contributed by atoms with Gasteiger partial charge in [-0.15, -0.1) is 0 Å². The van der Waals surface area contributed by atoms with Crippen LogP contribution in [0.4, 0.5) is 4.39 Å². The largest absolute Gasteiger partial charge is 0.493 e. The average molecular weight is 261 g/mol. The number of hydrogen-bond donors (Lipinski definition) is 0. The van der Waals surface area contributed by atoms with Gasteiger partial charge in [0.2, 0.25) is 0 Å². The highest BCUT2D eigenvalue weighted by Gasteiger charge is 2.22. The number of sulfonamides is 1. The number of benzene rings is 1.